The lowest BCUT2D eigenvalue weighted by Gasteiger charge is -2.14. The first-order valence-electron chi connectivity index (χ1n) is 9.04. The normalized spacial score (nSPS) is 10.9. The fraction of sp³-hybridized carbons (Fsp3) is 0.130. The lowest BCUT2D eigenvalue weighted by atomic mass is 10.2. The summed E-state index contributed by atoms with van der Waals surface area (Å²) in [5.74, 6) is 1.51. The molecule has 0 spiro atoms. The lowest BCUT2D eigenvalue weighted by molar-refractivity contribution is 0.411. The van der Waals surface area contributed by atoms with Gasteiger partial charge in [0, 0.05) is 11.3 Å². The van der Waals surface area contributed by atoms with Crippen LogP contribution in [0.5, 0.6) is 5.75 Å². The number of aromatic nitrogens is 2. The topological polar surface area (TPSA) is 44.1 Å². The molecule has 0 aliphatic heterocycles. The fourth-order valence-corrected chi connectivity index (χ4v) is 4.12. The summed E-state index contributed by atoms with van der Waals surface area (Å²) in [6.45, 7) is 0.492. The van der Waals surface area contributed by atoms with Crippen LogP contribution in [0.3, 0.4) is 0 Å². The molecule has 0 atom stereocenters. The molecule has 0 amide bonds. The molecule has 0 radical (unpaired) electrons. The Hall–Kier alpha value is -3.05. The largest absolute Gasteiger partial charge is 0.496 e. The van der Waals surface area contributed by atoms with E-state index in [1.54, 1.807) is 23.4 Å². The molecule has 1 heterocycles. The highest BCUT2D eigenvalue weighted by Gasteiger charge is 2.13. The van der Waals surface area contributed by atoms with E-state index in [9.17, 15) is 4.79 Å². The molecule has 0 saturated heterocycles. The second-order valence-corrected chi connectivity index (χ2v) is 7.33. The molecule has 4 rings (SSSR count). The van der Waals surface area contributed by atoms with Gasteiger partial charge in [-0.25, -0.2) is 4.98 Å². The van der Waals surface area contributed by atoms with Gasteiger partial charge in [0.2, 0.25) is 0 Å². The van der Waals surface area contributed by atoms with E-state index in [1.807, 2.05) is 78.9 Å². The minimum Gasteiger partial charge on any atom is -0.496 e. The average molecular weight is 388 g/mol. The molecule has 3 aromatic carbocycles. The van der Waals surface area contributed by atoms with Crippen LogP contribution in [0.25, 0.3) is 10.9 Å². The standard InChI is InChI=1S/C23H20N2O2S/c1-27-21-14-8-5-11-18(21)16-28-23-24-20-13-7-6-12-19(20)22(26)25(23)15-17-9-3-2-4-10-17/h2-14H,15-16H2,1H3. The van der Waals surface area contributed by atoms with Crippen molar-refractivity contribution in [3.63, 3.8) is 0 Å². The first kappa shape index (κ1) is 18.3. The van der Waals surface area contributed by atoms with Crippen LogP contribution in [0.2, 0.25) is 0 Å². The maximum Gasteiger partial charge on any atom is 0.262 e. The monoisotopic (exact) mass is 388 g/mol. The summed E-state index contributed by atoms with van der Waals surface area (Å²) in [5, 5.41) is 1.35. The molecule has 4 aromatic rings. The van der Waals surface area contributed by atoms with Gasteiger partial charge in [-0.1, -0.05) is 72.4 Å². The van der Waals surface area contributed by atoms with Crippen molar-refractivity contribution in [3.8, 4) is 5.75 Å². The van der Waals surface area contributed by atoms with Crippen LogP contribution in [0, 0.1) is 0 Å². The quantitative estimate of drug-likeness (QED) is 0.353. The zero-order valence-corrected chi connectivity index (χ0v) is 16.4. The van der Waals surface area contributed by atoms with Gasteiger partial charge in [0.15, 0.2) is 5.16 Å². The summed E-state index contributed by atoms with van der Waals surface area (Å²) in [7, 11) is 1.67. The van der Waals surface area contributed by atoms with Gasteiger partial charge >= 0.3 is 0 Å². The number of hydrogen-bond acceptors (Lipinski definition) is 4. The Bertz CT molecular complexity index is 1160. The van der Waals surface area contributed by atoms with Gasteiger partial charge in [0.25, 0.3) is 5.56 Å². The Balaban J connectivity index is 1.75. The zero-order valence-electron chi connectivity index (χ0n) is 15.5. The van der Waals surface area contributed by atoms with Crippen LogP contribution < -0.4 is 10.3 Å². The van der Waals surface area contributed by atoms with E-state index in [0.29, 0.717) is 22.8 Å². The van der Waals surface area contributed by atoms with Gasteiger partial charge in [-0.05, 0) is 23.8 Å². The summed E-state index contributed by atoms with van der Waals surface area (Å²) in [6, 6.07) is 25.4. The third-order valence-corrected chi connectivity index (χ3v) is 5.58. The minimum atomic E-state index is -0.0167. The highest BCUT2D eigenvalue weighted by atomic mass is 32.2. The minimum absolute atomic E-state index is 0.0167. The molecule has 0 aliphatic carbocycles. The zero-order chi connectivity index (χ0) is 19.3. The predicted molar refractivity (Wildman–Crippen MR) is 114 cm³/mol. The summed E-state index contributed by atoms with van der Waals surface area (Å²) in [5.41, 5.74) is 2.85. The number of fused-ring (bicyclic) bond motifs is 1. The van der Waals surface area contributed by atoms with Crippen molar-refractivity contribution in [1.82, 2.24) is 9.55 Å². The van der Waals surface area contributed by atoms with Gasteiger partial charge in [-0.15, -0.1) is 0 Å². The van der Waals surface area contributed by atoms with Crippen LogP contribution in [-0.4, -0.2) is 16.7 Å². The number of benzene rings is 3. The Kier molecular flexibility index (Phi) is 5.44. The van der Waals surface area contributed by atoms with E-state index in [1.165, 1.54) is 0 Å². The fourth-order valence-electron chi connectivity index (χ4n) is 3.13. The van der Waals surface area contributed by atoms with Crippen molar-refractivity contribution in [3.05, 3.63) is 100 Å². The van der Waals surface area contributed by atoms with Crippen molar-refractivity contribution in [1.29, 1.82) is 0 Å². The second kappa shape index (κ2) is 8.31. The Morgan fingerprint density at radius 2 is 1.64 bits per heavy atom. The van der Waals surface area contributed by atoms with Crippen LogP contribution in [0.4, 0.5) is 0 Å². The van der Waals surface area contributed by atoms with E-state index in [2.05, 4.69) is 0 Å². The number of para-hydroxylation sites is 2. The number of rotatable bonds is 6. The molecule has 0 fully saturated rings. The molecule has 4 nitrogen and oxygen atoms in total. The van der Waals surface area contributed by atoms with Crippen molar-refractivity contribution in [2.24, 2.45) is 0 Å². The van der Waals surface area contributed by atoms with Crippen LogP contribution in [0.15, 0.2) is 88.8 Å². The molecule has 5 heteroatoms. The molecule has 0 aliphatic rings. The molecular formula is C23H20N2O2S. The smallest absolute Gasteiger partial charge is 0.262 e. The second-order valence-electron chi connectivity index (χ2n) is 6.39. The third kappa shape index (κ3) is 3.80. The number of methoxy groups -OCH3 is 1. The average Bonchev–Trinajstić information content (AvgIpc) is 2.75. The number of hydrogen-bond donors (Lipinski definition) is 0. The maximum atomic E-state index is 13.2. The van der Waals surface area contributed by atoms with Crippen LogP contribution in [-0.2, 0) is 12.3 Å². The van der Waals surface area contributed by atoms with Gasteiger partial charge in [-0.3, -0.25) is 9.36 Å². The van der Waals surface area contributed by atoms with Crippen molar-refractivity contribution in [2.75, 3.05) is 7.11 Å². The molecule has 0 N–H and O–H groups in total. The SMILES string of the molecule is COc1ccccc1CSc1nc2ccccc2c(=O)n1Cc1ccccc1. The first-order chi connectivity index (χ1) is 13.8. The van der Waals surface area contributed by atoms with Gasteiger partial charge in [-0.2, -0.15) is 0 Å². The molecule has 0 unspecified atom stereocenters. The Labute approximate surface area is 167 Å². The van der Waals surface area contributed by atoms with Crippen molar-refractivity contribution >= 4 is 22.7 Å². The predicted octanol–water partition coefficient (Wildman–Crippen LogP) is 4.75. The molecule has 1 aromatic heterocycles. The van der Waals surface area contributed by atoms with Crippen LogP contribution in [0.1, 0.15) is 11.1 Å². The van der Waals surface area contributed by atoms with E-state index >= 15 is 0 Å². The van der Waals surface area contributed by atoms with Gasteiger partial charge in [0.1, 0.15) is 5.75 Å². The van der Waals surface area contributed by atoms with Crippen LogP contribution >= 0.6 is 11.8 Å². The molecule has 0 bridgehead atoms. The first-order valence-corrected chi connectivity index (χ1v) is 10.0. The molecular weight excluding hydrogens is 368 g/mol. The molecule has 140 valence electrons. The summed E-state index contributed by atoms with van der Waals surface area (Å²) >= 11 is 1.55. The number of nitrogens with zero attached hydrogens (tertiary/aromatic N) is 2. The molecule has 28 heavy (non-hydrogen) atoms. The van der Waals surface area contributed by atoms with E-state index in [-0.39, 0.29) is 5.56 Å². The highest BCUT2D eigenvalue weighted by molar-refractivity contribution is 7.98. The Morgan fingerprint density at radius 1 is 0.929 bits per heavy atom. The summed E-state index contributed by atoms with van der Waals surface area (Å²) < 4.78 is 7.21. The van der Waals surface area contributed by atoms with Crippen molar-refractivity contribution < 1.29 is 4.74 Å². The number of thioether (sulfide) groups is 1. The van der Waals surface area contributed by atoms with E-state index in [0.717, 1.165) is 22.4 Å². The van der Waals surface area contributed by atoms with E-state index in [4.69, 9.17) is 9.72 Å². The number of ether oxygens (including phenoxy) is 1. The third-order valence-electron chi connectivity index (χ3n) is 4.56. The summed E-state index contributed by atoms with van der Waals surface area (Å²) in [6.07, 6.45) is 0. The summed E-state index contributed by atoms with van der Waals surface area (Å²) in [4.78, 5) is 18.0. The highest BCUT2D eigenvalue weighted by Crippen LogP contribution is 2.27. The van der Waals surface area contributed by atoms with E-state index < -0.39 is 0 Å². The van der Waals surface area contributed by atoms with Crippen molar-refractivity contribution in [2.45, 2.75) is 17.5 Å². The van der Waals surface area contributed by atoms with Gasteiger partial charge in [0.05, 0.1) is 24.6 Å². The Morgan fingerprint density at radius 3 is 2.46 bits per heavy atom. The lowest BCUT2D eigenvalue weighted by Crippen LogP contribution is -2.24. The molecule has 0 saturated carbocycles. The van der Waals surface area contributed by atoms with Gasteiger partial charge < -0.3 is 4.74 Å². The maximum absolute atomic E-state index is 13.2.